The van der Waals surface area contributed by atoms with Crippen LogP contribution in [-0.4, -0.2) is 27.6 Å². The quantitative estimate of drug-likeness (QED) is 0.575. The summed E-state index contributed by atoms with van der Waals surface area (Å²) in [6, 6.07) is 3.82. The van der Waals surface area contributed by atoms with E-state index in [1.54, 1.807) is 24.8 Å². The molecule has 4 rings (SSSR count). The summed E-state index contributed by atoms with van der Waals surface area (Å²) in [6.07, 6.45) is 1.55. The highest BCUT2D eigenvalue weighted by atomic mass is 16.5. The summed E-state index contributed by atoms with van der Waals surface area (Å²) in [7, 11) is 1.61. The maximum Gasteiger partial charge on any atom is 0.253 e. The van der Waals surface area contributed by atoms with Gasteiger partial charge in [0.15, 0.2) is 11.5 Å². The fourth-order valence-electron chi connectivity index (χ4n) is 3.62. The zero-order chi connectivity index (χ0) is 19.5. The van der Waals surface area contributed by atoms with Gasteiger partial charge in [-0.1, -0.05) is 6.07 Å². The molecule has 3 aromatic heterocycles. The highest BCUT2D eigenvalue weighted by Gasteiger charge is 2.26. The summed E-state index contributed by atoms with van der Waals surface area (Å²) < 4.78 is 13.0. The minimum atomic E-state index is -0.633. The van der Waals surface area contributed by atoms with Crippen LogP contribution in [0.15, 0.2) is 22.7 Å². The summed E-state index contributed by atoms with van der Waals surface area (Å²) in [5, 5.41) is 0.519. The van der Waals surface area contributed by atoms with Gasteiger partial charge in [0.25, 0.3) is 5.91 Å². The van der Waals surface area contributed by atoms with E-state index < -0.39 is 5.91 Å². The number of anilines is 1. The molecule has 0 aliphatic carbocycles. The molecular formula is C19H19N5O3. The van der Waals surface area contributed by atoms with Gasteiger partial charge in [0, 0.05) is 24.1 Å². The molecule has 4 N–H and O–H groups in total. The Balaban J connectivity index is 2.27. The number of hydrogen-bond donors (Lipinski definition) is 2. The zero-order valence-electron chi connectivity index (χ0n) is 15.5. The van der Waals surface area contributed by atoms with E-state index in [-0.39, 0.29) is 11.4 Å². The molecule has 4 aromatic rings. The number of carbonyl (C=O) groups excluding carboxylic acids is 1. The van der Waals surface area contributed by atoms with Gasteiger partial charge in [0.1, 0.15) is 17.1 Å². The lowest BCUT2D eigenvalue weighted by molar-refractivity contribution is 0.100. The summed E-state index contributed by atoms with van der Waals surface area (Å²) in [5.74, 6) is 0.764. The van der Waals surface area contributed by atoms with Crippen molar-refractivity contribution in [1.82, 2.24) is 14.5 Å². The number of pyridine rings is 1. The van der Waals surface area contributed by atoms with E-state index in [2.05, 4.69) is 9.97 Å². The van der Waals surface area contributed by atoms with Crippen LogP contribution in [0.1, 0.15) is 27.4 Å². The van der Waals surface area contributed by atoms with Crippen molar-refractivity contribution in [2.45, 2.75) is 20.8 Å². The van der Waals surface area contributed by atoms with Gasteiger partial charge in [-0.2, -0.15) is 4.98 Å². The second kappa shape index (κ2) is 5.73. The van der Waals surface area contributed by atoms with Gasteiger partial charge in [-0.25, -0.2) is 4.98 Å². The number of amides is 1. The van der Waals surface area contributed by atoms with Crippen LogP contribution < -0.4 is 16.2 Å². The number of aromatic nitrogens is 3. The number of carbonyl (C=O) groups is 1. The Kier molecular flexibility index (Phi) is 3.59. The van der Waals surface area contributed by atoms with Crippen molar-refractivity contribution in [3.63, 3.8) is 0 Å². The molecule has 0 bridgehead atoms. The van der Waals surface area contributed by atoms with Crippen molar-refractivity contribution in [3.8, 4) is 11.4 Å². The van der Waals surface area contributed by atoms with Crippen LogP contribution >= 0.6 is 0 Å². The van der Waals surface area contributed by atoms with Crippen molar-refractivity contribution in [2.24, 2.45) is 5.73 Å². The minimum Gasteiger partial charge on any atom is -0.496 e. The minimum absolute atomic E-state index is 0.204. The van der Waals surface area contributed by atoms with Crippen molar-refractivity contribution in [1.29, 1.82) is 0 Å². The Morgan fingerprint density at radius 2 is 2.00 bits per heavy atom. The molecule has 0 aliphatic heterocycles. The Morgan fingerprint density at radius 1 is 1.26 bits per heavy atom. The maximum atomic E-state index is 12.1. The molecule has 0 unspecified atom stereocenters. The predicted octanol–water partition coefficient (Wildman–Crippen LogP) is 2.78. The van der Waals surface area contributed by atoms with Crippen LogP contribution in [0, 0.1) is 20.8 Å². The number of ether oxygens (including phenoxy) is 1. The van der Waals surface area contributed by atoms with Crippen LogP contribution in [0.25, 0.3) is 27.8 Å². The van der Waals surface area contributed by atoms with Gasteiger partial charge in [-0.15, -0.1) is 0 Å². The fourth-order valence-corrected chi connectivity index (χ4v) is 3.62. The van der Waals surface area contributed by atoms with E-state index >= 15 is 0 Å². The molecule has 3 heterocycles. The third-order valence-electron chi connectivity index (χ3n) is 4.77. The number of nitrogens with zero attached hydrogens (tertiary/aromatic N) is 3. The average molecular weight is 365 g/mol. The van der Waals surface area contributed by atoms with Gasteiger partial charge in [0.05, 0.1) is 18.4 Å². The molecule has 0 saturated carbocycles. The first-order valence-corrected chi connectivity index (χ1v) is 8.35. The summed E-state index contributed by atoms with van der Waals surface area (Å²) in [5.41, 5.74) is 16.3. The van der Waals surface area contributed by atoms with Gasteiger partial charge in [0.2, 0.25) is 5.65 Å². The van der Waals surface area contributed by atoms with E-state index in [1.807, 2.05) is 26.0 Å². The summed E-state index contributed by atoms with van der Waals surface area (Å²) >= 11 is 0. The van der Waals surface area contributed by atoms with E-state index in [0.29, 0.717) is 33.8 Å². The Hall–Kier alpha value is -3.55. The lowest BCUT2D eigenvalue weighted by Gasteiger charge is -2.17. The largest absolute Gasteiger partial charge is 0.496 e. The predicted molar refractivity (Wildman–Crippen MR) is 102 cm³/mol. The lowest BCUT2D eigenvalue weighted by atomic mass is 10.1. The normalized spacial score (nSPS) is 11.4. The monoisotopic (exact) mass is 365 g/mol. The van der Waals surface area contributed by atoms with Gasteiger partial charge < -0.3 is 20.6 Å². The van der Waals surface area contributed by atoms with E-state index in [1.165, 1.54) is 0 Å². The summed E-state index contributed by atoms with van der Waals surface area (Å²) in [4.78, 5) is 20.7. The first-order valence-electron chi connectivity index (χ1n) is 8.35. The number of hydrogen-bond acceptors (Lipinski definition) is 6. The Bertz CT molecular complexity index is 1240. The lowest BCUT2D eigenvalue weighted by Crippen LogP contribution is -2.14. The molecule has 0 fully saturated rings. The number of nitrogen functional groups attached to an aromatic ring is 1. The van der Waals surface area contributed by atoms with Crippen molar-refractivity contribution >= 4 is 33.9 Å². The van der Waals surface area contributed by atoms with Crippen molar-refractivity contribution in [3.05, 3.63) is 40.9 Å². The second-order valence-electron chi connectivity index (χ2n) is 6.42. The number of rotatable bonds is 3. The SMILES string of the molecule is COc1ccc(C)c(-n2c(N)c(C(N)=O)c3cnc4nc(C)oc4c32)c1C. The second-order valence-corrected chi connectivity index (χ2v) is 6.42. The van der Waals surface area contributed by atoms with E-state index in [4.69, 9.17) is 20.6 Å². The molecule has 0 radical (unpaired) electrons. The van der Waals surface area contributed by atoms with Crippen LogP contribution in [0.2, 0.25) is 0 Å². The number of benzene rings is 1. The first kappa shape index (κ1) is 16.9. The number of primary amides is 1. The number of methoxy groups -OCH3 is 1. The Labute approximate surface area is 154 Å². The summed E-state index contributed by atoms with van der Waals surface area (Å²) in [6.45, 7) is 5.63. The fraction of sp³-hybridized carbons (Fsp3) is 0.211. The molecule has 8 nitrogen and oxygen atoms in total. The smallest absolute Gasteiger partial charge is 0.253 e. The molecule has 0 aliphatic rings. The highest BCUT2D eigenvalue weighted by Crippen LogP contribution is 2.39. The van der Waals surface area contributed by atoms with E-state index in [9.17, 15) is 4.79 Å². The maximum absolute atomic E-state index is 12.1. The number of oxazole rings is 1. The first-order chi connectivity index (χ1) is 12.8. The van der Waals surface area contributed by atoms with Crippen LogP contribution in [0.3, 0.4) is 0 Å². The molecule has 27 heavy (non-hydrogen) atoms. The van der Waals surface area contributed by atoms with Gasteiger partial charge in [-0.05, 0) is 25.5 Å². The molecule has 8 heteroatoms. The molecule has 0 saturated heterocycles. The molecule has 0 spiro atoms. The van der Waals surface area contributed by atoms with Gasteiger partial charge in [-0.3, -0.25) is 9.36 Å². The standard InChI is InChI=1S/C19H19N5O3/c1-8-5-6-12(26-4)9(2)14(8)24-15-11(13(17(24)20)18(21)25)7-22-19-16(15)27-10(3)23-19/h5-7H,20H2,1-4H3,(H2,21,25). The van der Waals surface area contributed by atoms with Crippen LogP contribution in [-0.2, 0) is 0 Å². The molecule has 0 atom stereocenters. The number of fused-ring (bicyclic) bond motifs is 3. The Morgan fingerprint density at radius 3 is 2.67 bits per heavy atom. The number of aryl methyl sites for hydroxylation is 2. The zero-order valence-corrected chi connectivity index (χ0v) is 15.5. The van der Waals surface area contributed by atoms with Crippen LogP contribution in [0.4, 0.5) is 5.82 Å². The molecular weight excluding hydrogens is 346 g/mol. The van der Waals surface area contributed by atoms with Crippen molar-refractivity contribution in [2.75, 3.05) is 12.8 Å². The third kappa shape index (κ3) is 2.26. The molecule has 138 valence electrons. The van der Waals surface area contributed by atoms with Crippen LogP contribution in [0.5, 0.6) is 5.75 Å². The third-order valence-corrected chi connectivity index (χ3v) is 4.77. The van der Waals surface area contributed by atoms with E-state index in [0.717, 1.165) is 16.8 Å². The van der Waals surface area contributed by atoms with Crippen molar-refractivity contribution < 1.29 is 13.9 Å². The molecule has 1 aromatic carbocycles. The average Bonchev–Trinajstić information content (AvgIpc) is 3.12. The number of nitrogens with two attached hydrogens (primary N) is 2. The molecule has 1 amide bonds. The topological polar surface area (TPSA) is 122 Å². The highest BCUT2D eigenvalue weighted by molar-refractivity contribution is 6.16. The van der Waals surface area contributed by atoms with Gasteiger partial charge >= 0.3 is 0 Å².